The van der Waals surface area contributed by atoms with Crippen LogP contribution in [-0.2, 0) is 0 Å². The molecule has 0 saturated carbocycles. The second kappa shape index (κ2) is 14.4. The third-order valence-electron chi connectivity index (χ3n) is 12.6. The van der Waals surface area contributed by atoms with Crippen LogP contribution in [0.15, 0.2) is 237 Å². The van der Waals surface area contributed by atoms with E-state index in [0.29, 0.717) is 0 Å². The highest BCUT2D eigenvalue weighted by Gasteiger charge is 2.23. The van der Waals surface area contributed by atoms with Gasteiger partial charge < -0.3 is 4.57 Å². The summed E-state index contributed by atoms with van der Waals surface area (Å²) in [5.41, 5.74) is 15.7. The third kappa shape index (κ3) is 5.78. The van der Waals surface area contributed by atoms with Crippen LogP contribution >= 0.6 is 0 Å². The molecule has 0 saturated heterocycles. The third-order valence-corrected chi connectivity index (χ3v) is 12.6. The van der Waals surface area contributed by atoms with Gasteiger partial charge in [-0.2, -0.15) is 0 Å². The topological polar surface area (TPSA) is 4.93 Å². The van der Waals surface area contributed by atoms with Gasteiger partial charge in [-0.1, -0.05) is 194 Å². The summed E-state index contributed by atoms with van der Waals surface area (Å²) in [5.74, 6) is 0. The van der Waals surface area contributed by atoms with Gasteiger partial charge in [-0.05, 0) is 130 Å². The van der Waals surface area contributed by atoms with Crippen LogP contribution in [0.3, 0.4) is 0 Å². The Bertz CT molecular complexity index is 3490. The normalized spacial score (nSPS) is 11.6. The van der Waals surface area contributed by atoms with Gasteiger partial charge in [-0.3, -0.25) is 0 Å². The van der Waals surface area contributed by atoms with Crippen LogP contribution in [-0.4, -0.2) is 4.57 Å². The number of hydrogen-bond donors (Lipinski definition) is 0. The molecule has 0 radical (unpaired) electrons. The Morgan fingerprint density at radius 2 is 0.672 bits per heavy atom. The molecule has 12 rings (SSSR count). The molecular weight excluding hydrogens is 735 g/mol. The fourth-order valence-corrected chi connectivity index (χ4v) is 9.80. The van der Waals surface area contributed by atoms with Crippen molar-refractivity contribution in [1.82, 2.24) is 4.57 Å². The van der Waals surface area contributed by atoms with Crippen LogP contribution < -0.4 is 0 Å². The molecule has 0 N–H and O–H groups in total. The first-order chi connectivity index (χ1) is 30.3. The standard InChI is InChI=1S/C60H39N/c1-6-18-40(19-7-1)45-30-34-56-54(36-45)55-37-46(41-20-8-2-9-21-41)31-35-57(55)61(56)47-32-33-50-53(38-47)48-28-16-17-29-49(48)59-52(43-24-12-4-13-25-43)39-51(42-22-10-3-11-23-42)58(60(50)59)44-26-14-5-15-27-44/h1-39H. The molecule has 0 bridgehead atoms. The molecule has 0 unspecified atom stereocenters. The van der Waals surface area contributed by atoms with Crippen LogP contribution in [0.25, 0.3) is 115 Å². The second-order valence-electron chi connectivity index (χ2n) is 16.0. The van der Waals surface area contributed by atoms with E-state index in [2.05, 4.69) is 241 Å². The number of nitrogens with zero attached hydrogens (tertiary/aromatic N) is 1. The maximum Gasteiger partial charge on any atom is 0.0541 e. The van der Waals surface area contributed by atoms with E-state index in [4.69, 9.17) is 0 Å². The van der Waals surface area contributed by atoms with E-state index < -0.39 is 0 Å². The molecule has 1 heterocycles. The van der Waals surface area contributed by atoms with Gasteiger partial charge in [0, 0.05) is 16.5 Å². The van der Waals surface area contributed by atoms with E-state index in [0.717, 1.165) is 5.69 Å². The maximum absolute atomic E-state index is 2.47. The molecule has 1 aromatic heterocycles. The van der Waals surface area contributed by atoms with Crippen molar-refractivity contribution in [3.05, 3.63) is 237 Å². The second-order valence-corrected chi connectivity index (χ2v) is 16.0. The fourth-order valence-electron chi connectivity index (χ4n) is 9.80. The van der Waals surface area contributed by atoms with Crippen LogP contribution in [0.1, 0.15) is 0 Å². The van der Waals surface area contributed by atoms with Crippen LogP contribution in [0, 0.1) is 0 Å². The molecule has 0 fully saturated rings. The van der Waals surface area contributed by atoms with Gasteiger partial charge >= 0.3 is 0 Å². The summed E-state index contributed by atoms with van der Waals surface area (Å²) in [5, 5.41) is 10.00. The number of fused-ring (bicyclic) bond motifs is 9. The SMILES string of the molecule is c1ccc(-c2ccc3c(c2)c2cc(-c4ccccc4)ccc2n3-c2ccc3c(c2)c2ccccc2c2c(-c4ccccc4)cc(-c4ccccc4)c(-c4ccccc4)c32)cc1. The van der Waals surface area contributed by atoms with Crippen molar-refractivity contribution in [3.8, 4) is 61.3 Å². The lowest BCUT2D eigenvalue weighted by atomic mass is 9.81. The monoisotopic (exact) mass is 773 g/mol. The number of aromatic nitrogens is 1. The lowest BCUT2D eigenvalue weighted by Crippen LogP contribution is -1.97. The van der Waals surface area contributed by atoms with Crippen LogP contribution in [0.5, 0.6) is 0 Å². The predicted octanol–water partition coefficient (Wildman–Crippen LogP) is 16.6. The Balaban J connectivity index is 1.20. The lowest BCUT2D eigenvalue weighted by Gasteiger charge is -2.22. The smallest absolute Gasteiger partial charge is 0.0541 e. The average Bonchev–Trinajstić information content (AvgIpc) is 3.67. The lowest BCUT2D eigenvalue weighted by molar-refractivity contribution is 1.19. The molecule has 0 atom stereocenters. The van der Waals surface area contributed by atoms with E-state index >= 15 is 0 Å². The Kier molecular flexibility index (Phi) is 8.25. The van der Waals surface area contributed by atoms with Crippen molar-refractivity contribution in [1.29, 1.82) is 0 Å². The maximum atomic E-state index is 2.47. The molecule has 0 aliphatic rings. The number of rotatable bonds is 6. The molecular formula is C60H39N. The number of hydrogen-bond acceptors (Lipinski definition) is 0. The first kappa shape index (κ1) is 35.0. The number of benzene rings is 11. The molecule has 61 heavy (non-hydrogen) atoms. The van der Waals surface area contributed by atoms with E-state index in [-0.39, 0.29) is 0 Å². The highest BCUT2D eigenvalue weighted by molar-refractivity contribution is 6.33. The summed E-state index contributed by atoms with van der Waals surface area (Å²) in [6, 6.07) is 86.8. The van der Waals surface area contributed by atoms with E-state index in [1.54, 1.807) is 0 Å². The Morgan fingerprint density at radius 3 is 1.21 bits per heavy atom. The highest BCUT2D eigenvalue weighted by Crippen LogP contribution is 2.49. The summed E-state index contributed by atoms with van der Waals surface area (Å²) in [7, 11) is 0. The average molecular weight is 774 g/mol. The van der Waals surface area contributed by atoms with Gasteiger partial charge in [0.05, 0.1) is 11.0 Å². The summed E-state index contributed by atoms with van der Waals surface area (Å²) in [4.78, 5) is 0. The van der Waals surface area contributed by atoms with E-state index in [9.17, 15) is 0 Å². The quantitative estimate of drug-likeness (QED) is 0.148. The van der Waals surface area contributed by atoms with E-state index in [1.165, 1.54) is 110 Å². The van der Waals surface area contributed by atoms with Gasteiger partial charge in [0.25, 0.3) is 0 Å². The molecule has 12 aromatic rings. The molecule has 11 aromatic carbocycles. The van der Waals surface area contributed by atoms with E-state index in [1.807, 2.05) is 0 Å². The Morgan fingerprint density at radius 1 is 0.230 bits per heavy atom. The van der Waals surface area contributed by atoms with Crippen molar-refractivity contribution in [2.24, 2.45) is 0 Å². The first-order valence-electron chi connectivity index (χ1n) is 21.1. The largest absolute Gasteiger partial charge is 0.309 e. The summed E-state index contributed by atoms with van der Waals surface area (Å²) in [6.07, 6.45) is 0. The van der Waals surface area contributed by atoms with Crippen molar-refractivity contribution in [2.75, 3.05) is 0 Å². The zero-order valence-electron chi connectivity index (χ0n) is 33.5. The molecule has 284 valence electrons. The van der Waals surface area contributed by atoms with Gasteiger partial charge in [0.1, 0.15) is 0 Å². The van der Waals surface area contributed by atoms with Crippen molar-refractivity contribution >= 4 is 54.1 Å². The van der Waals surface area contributed by atoms with Crippen molar-refractivity contribution < 1.29 is 0 Å². The zero-order valence-corrected chi connectivity index (χ0v) is 33.5. The molecule has 0 amide bonds. The minimum absolute atomic E-state index is 1.14. The van der Waals surface area contributed by atoms with Crippen LogP contribution in [0.2, 0.25) is 0 Å². The van der Waals surface area contributed by atoms with Gasteiger partial charge in [-0.25, -0.2) is 0 Å². The molecule has 1 nitrogen and oxygen atoms in total. The van der Waals surface area contributed by atoms with Gasteiger partial charge in [-0.15, -0.1) is 0 Å². The molecule has 0 aliphatic carbocycles. The summed E-state index contributed by atoms with van der Waals surface area (Å²) >= 11 is 0. The molecule has 1 heteroatoms. The summed E-state index contributed by atoms with van der Waals surface area (Å²) in [6.45, 7) is 0. The van der Waals surface area contributed by atoms with Crippen molar-refractivity contribution in [3.63, 3.8) is 0 Å². The molecule has 0 spiro atoms. The first-order valence-corrected chi connectivity index (χ1v) is 21.1. The fraction of sp³-hybridized carbons (Fsp3) is 0. The zero-order chi connectivity index (χ0) is 40.3. The van der Waals surface area contributed by atoms with Gasteiger partial charge in [0.15, 0.2) is 0 Å². The Labute approximate surface area is 355 Å². The van der Waals surface area contributed by atoms with Crippen molar-refractivity contribution in [2.45, 2.75) is 0 Å². The van der Waals surface area contributed by atoms with Gasteiger partial charge in [0.2, 0.25) is 0 Å². The van der Waals surface area contributed by atoms with Crippen LogP contribution in [0.4, 0.5) is 0 Å². The highest BCUT2D eigenvalue weighted by atomic mass is 15.0. The molecule has 0 aliphatic heterocycles. The Hall–Kier alpha value is -8.00. The minimum atomic E-state index is 1.14. The summed E-state index contributed by atoms with van der Waals surface area (Å²) < 4.78 is 2.47. The minimum Gasteiger partial charge on any atom is -0.309 e. The predicted molar refractivity (Wildman–Crippen MR) is 260 cm³/mol.